The molecule has 0 aliphatic carbocycles. The van der Waals surface area contributed by atoms with E-state index in [2.05, 4.69) is 26.5 Å². The average molecular weight is 335 g/mol. The van der Waals surface area contributed by atoms with Crippen molar-refractivity contribution in [2.24, 2.45) is 5.10 Å². The molecule has 6 heteroatoms. The second kappa shape index (κ2) is 7.11. The van der Waals surface area contributed by atoms with Crippen LogP contribution in [0, 0.1) is 6.92 Å². The van der Waals surface area contributed by atoms with Crippen LogP contribution in [0.1, 0.15) is 30.5 Å². The summed E-state index contributed by atoms with van der Waals surface area (Å²) in [5.41, 5.74) is 6.02. The lowest BCUT2D eigenvalue weighted by atomic mass is 10.1. The molecule has 0 unspecified atom stereocenters. The summed E-state index contributed by atoms with van der Waals surface area (Å²) in [7, 11) is 0. The highest BCUT2D eigenvalue weighted by atomic mass is 35.5. The summed E-state index contributed by atoms with van der Waals surface area (Å²) in [6.07, 6.45) is 5.59. The number of aromatic nitrogens is 1. The predicted molar refractivity (Wildman–Crippen MR) is 95.6 cm³/mol. The molecule has 0 radical (unpaired) electrons. The lowest BCUT2D eigenvalue weighted by molar-refractivity contribution is 0.578. The number of nitrogens with one attached hydrogen (secondary N) is 1. The SMILES string of the molecule is Cc1csc(NN=Cc2ccc(N3CCCCC3)cc2Cl)n1. The maximum Gasteiger partial charge on any atom is 0.203 e. The summed E-state index contributed by atoms with van der Waals surface area (Å²) >= 11 is 7.91. The van der Waals surface area contributed by atoms with Crippen molar-refractivity contribution in [1.82, 2.24) is 4.98 Å². The van der Waals surface area contributed by atoms with Gasteiger partial charge in [0.1, 0.15) is 0 Å². The quantitative estimate of drug-likeness (QED) is 0.659. The highest BCUT2D eigenvalue weighted by Gasteiger charge is 2.11. The second-order valence-corrected chi connectivity index (χ2v) is 6.68. The fraction of sp³-hybridized carbons (Fsp3) is 0.375. The van der Waals surface area contributed by atoms with E-state index in [1.54, 1.807) is 6.21 Å². The fourth-order valence-corrected chi connectivity index (χ4v) is 3.39. The van der Waals surface area contributed by atoms with E-state index in [1.165, 1.54) is 36.3 Å². The Hall–Kier alpha value is -1.59. The summed E-state index contributed by atoms with van der Waals surface area (Å²) in [6, 6.07) is 6.17. The van der Waals surface area contributed by atoms with Crippen molar-refractivity contribution in [3.8, 4) is 0 Å². The van der Waals surface area contributed by atoms with Crippen LogP contribution in [0.3, 0.4) is 0 Å². The number of thiazole rings is 1. The van der Waals surface area contributed by atoms with Crippen LogP contribution in [0.5, 0.6) is 0 Å². The molecule has 1 aliphatic rings. The Morgan fingerprint density at radius 1 is 1.32 bits per heavy atom. The number of anilines is 2. The molecule has 116 valence electrons. The minimum absolute atomic E-state index is 0.726. The Morgan fingerprint density at radius 3 is 2.82 bits per heavy atom. The number of halogens is 1. The molecule has 22 heavy (non-hydrogen) atoms. The zero-order valence-corrected chi connectivity index (χ0v) is 14.1. The first-order chi connectivity index (χ1) is 10.7. The van der Waals surface area contributed by atoms with E-state index in [-0.39, 0.29) is 0 Å². The van der Waals surface area contributed by atoms with Gasteiger partial charge in [0, 0.05) is 29.7 Å². The molecule has 1 fully saturated rings. The van der Waals surface area contributed by atoms with Crippen LogP contribution >= 0.6 is 22.9 Å². The second-order valence-electron chi connectivity index (χ2n) is 5.42. The van der Waals surface area contributed by atoms with Crippen molar-refractivity contribution in [1.29, 1.82) is 0 Å². The normalized spacial score (nSPS) is 15.5. The molecule has 0 spiro atoms. The molecule has 0 atom stereocenters. The summed E-state index contributed by atoms with van der Waals surface area (Å²) in [5, 5.41) is 7.70. The molecule has 1 N–H and O–H groups in total. The van der Waals surface area contributed by atoms with Crippen molar-refractivity contribution in [2.45, 2.75) is 26.2 Å². The number of hydrazone groups is 1. The van der Waals surface area contributed by atoms with Crippen LogP contribution in [0.25, 0.3) is 0 Å². The number of aryl methyl sites for hydroxylation is 1. The molecule has 1 aliphatic heterocycles. The van der Waals surface area contributed by atoms with Crippen molar-refractivity contribution in [3.63, 3.8) is 0 Å². The monoisotopic (exact) mass is 334 g/mol. The average Bonchev–Trinajstić information content (AvgIpc) is 2.95. The third kappa shape index (κ3) is 3.78. The molecule has 1 saturated heterocycles. The molecule has 1 aromatic heterocycles. The third-order valence-corrected chi connectivity index (χ3v) is 4.88. The number of benzene rings is 1. The molecule has 1 aromatic carbocycles. The van der Waals surface area contributed by atoms with Gasteiger partial charge in [-0.3, -0.25) is 5.43 Å². The fourth-order valence-electron chi connectivity index (χ4n) is 2.53. The molecule has 4 nitrogen and oxygen atoms in total. The molecule has 3 rings (SSSR count). The van der Waals surface area contributed by atoms with E-state index in [9.17, 15) is 0 Å². The largest absolute Gasteiger partial charge is 0.371 e. The number of hydrogen-bond donors (Lipinski definition) is 1. The zero-order valence-electron chi connectivity index (χ0n) is 12.6. The minimum atomic E-state index is 0.726. The van der Waals surface area contributed by atoms with Gasteiger partial charge in [-0.25, -0.2) is 4.98 Å². The molecule has 2 heterocycles. The van der Waals surface area contributed by atoms with Crippen molar-refractivity contribution < 1.29 is 0 Å². The predicted octanol–water partition coefficient (Wildman–Crippen LogP) is 4.54. The highest BCUT2D eigenvalue weighted by molar-refractivity contribution is 7.13. The topological polar surface area (TPSA) is 40.5 Å². The van der Waals surface area contributed by atoms with Gasteiger partial charge in [-0.15, -0.1) is 11.3 Å². The summed E-state index contributed by atoms with van der Waals surface area (Å²) < 4.78 is 0. The van der Waals surface area contributed by atoms with Crippen LogP contribution < -0.4 is 10.3 Å². The van der Waals surface area contributed by atoms with Crippen molar-refractivity contribution in [3.05, 3.63) is 39.9 Å². The zero-order chi connectivity index (χ0) is 15.4. The van der Waals surface area contributed by atoms with Crippen LogP contribution in [-0.2, 0) is 0 Å². The number of rotatable bonds is 4. The van der Waals surface area contributed by atoms with Crippen molar-refractivity contribution >= 4 is 40.0 Å². The maximum absolute atomic E-state index is 6.38. The molecular weight excluding hydrogens is 316 g/mol. The van der Waals surface area contributed by atoms with Gasteiger partial charge in [0.05, 0.1) is 16.9 Å². The number of piperidine rings is 1. The van der Waals surface area contributed by atoms with Gasteiger partial charge in [0.2, 0.25) is 5.13 Å². The lowest BCUT2D eigenvalue weighted by Gasteiger charge is -2.29. The van der Waals surface area contributed by atoms with Gasteiger partial charge in [-0.2, -0.15) is 5.10 Å². The van der Waals surface area contributed by atoms with E-state index in [4.69, 9.17) is 11.6 Å². The van der Waals surface area contributed by atoms with Crippen LogP contribution in [0.2, 0.25) is 5.02 Å². The molecule has 2 aromatic rings. The van der Waals surface area contributed by atoms with E-state index < -0.39 is 0 Å². The van der Waals surface area contributed by atoms with Crippen LogP contribution in [0.15, 0.2) is 28.7 Å². The van der Waals surface area contributed by atoms with Gasteiger partial charge in [0.15, 0.2) is 0 Å². The van der Waals surface area contributed by atoms with E-state index in [1.807, 2.05) is 24.4 Å². The smallest absolute Gasteiger partial charge is 0.203 e. The summed E-state index contributed by atoms with van der Waals surface area (Å²) in [4.78, 5) is 6.69. The Morgan fingerprint density at radius 2 is 2.14 bits per heavy atom. The first kappa shape index (κ1) is 15.3. The van der Waals surface area contributed by atoms with Crippen LogP contribution in [-0.4, -0.2) is 24.3 Å². The van der Waals surface area contributed by atoms with Gasteiger partial charge >= 0.3 is 0 Å². The standard InChI is InChI=1S/C16H19ClN4S/c1-12-11-22-16(19-12)20-18-10-13-5-6-14(9-15(13)17)21-7-3-2-4-8-21/h5-6,9-11H,2-4,7-8H2,1H3,(H,19,20). The van der Waals surface area contributed by atoms with E-state index in [0.717, 1.165) is 34.5 Å². The molecule has 0 amide bonds. The molecule has 0 bridgehead atoms. The summed E-state index contributed by atoms with van der Waals surface area (Å²) in [6.45, 7) is 4.20. The van der Waals surface area contributed by atoms with Crippen LogP contribution in [0.4, 0.5) is 10.8 Å². The number of hydrogen-bond acceptors (Lipinski definition) is 5. The van der Waals surface area contributed by atoms with Gasteiger partial charge in [-0.05, 0) is 44.4 Å². The Kier molecular flexibility index (Phi) is 4.95. The van der Waals surface area contributed by atoms with Gasteiger partial charge in [-0.1, -0.05) is 11.6 Å². The number of nitrogens with zero attached hydrogens (tertiary/aromatic N) is 3. The van der Waals surface area contributed by atoms with Gasteiger partial charge in [0.25, 0.3) is 0 Å². The van der Waals surface area contributed by atoms with E-state index in [0.29, 0.717) is 0 Å². The highest BCUT2D eigenvalue weighted by Crippen LogP contribution is 2.25. The maximum atomic E-state index is 6.38. The van der Waals surface area contributed by atoms with Gasteiger partial charge < -0.3 is 4.90 Å². The Balaban J connectivity index is 1.66. The lowest BCUT2D eigenvalue weighted by Crippen LogP contribution is -2.29. The molecular formula is C16H19ClN4S. The Labute approximate surface area is 139 Å². The van der Waals surface area contributed by atoms with E-state index >= 15 is 0 Å². The first-order valence-corrected chi connectivity index (χ1v) is 8.74. The molecule has 0 saturated carbocycles. The Bertz CT molecular complexity index is 662. The summed E-state index contributed by atoms with van der Waals surface area (Å²) in [5.74, 6) is 0. The first-order valence-electron chi connectivity index (χ1n) is 7.48. The van der Waals surface area contributed by atoms with Crippen molar-refractivity contribution in [2.75, 3.05) is 23.4 Å². The third-order valence-electron chi connectivity index (χ3n) is 3.69. The minimum Gasteiger partial charge on any atom is -0.371 e.